The molecule has 24 heavy (non-hydrogen) atoms. The van der Waals surface area contributed by atoms with Crippen molar-refractivity contribution in [3.8, 4) is 5.75 Å². The van der Waals surface area contributed by atoms with Crippen LogP contribution < -0.4 is 5.32 Å². The lowest BCUT2D eigenvalue weighted by Gasteiger charge is -2.33. The van der Waals surface area contributed by atoms with Gasteiger partial charge in [-0.1, -0.05) is 19.9 Å². The SMILES string of the molecule is CC(C)c1ccc(C(=O)NC[C@H]2CCC3(CCOCC3)O2)c(O)c1. The molecule has 3 rings (SSSR count). The zero-order chi connectivity index (χ0) is 17.2. The van der Waals surface area contributed by atoms with Gasteiger partial charge in [0.2, 0.25) is 0 Å². The molecule has 2 aliphatic rings. The Balaban J connectivity index is 1.54. The van der Waals surface area contributed by atoms with Crippen molar-refractivity contribution in [1.82, 2.24) is 5.32 Å². The molecule has 1 atom stereocenters. The molecule has 0 saturated carbocycles. The van der Waals surface area contributed by atoms with Crippen LogP contribution in [0, 0.1) is 0 Å². The molecule has 5 nitrogen and oxygen atoms in total. The molecule has 2 fully saturated rings. The first-order valence-corrected chi connectivity index (χ1v) is 8.86. The number of hydrogen-bond donors (Lipinski definition) is 2. The third-order valence-electron chi connectivity index (χ3n) is 5.17. The Kier molecular flexibility index (Phi) is 5.11. The van der Waals surface area contributed by atoms with Crippen LogP contribution in [0.5, 0.6) is 5.75 Å². The first-order valence-electron chi connectivity index (χ1n) is 8.86. The van der Waals surface area contributed by atoms with E-state index in [1.165, 1.54) is 0 Å². The van der Waals surface area contributed by atoms with Gasteiger partial charge in [-0.05, 0) is 49.3 Å². The predicted molar refractivity (Wildman–Crippen MR) is 91.4 cm³/mol. The first-order chi connectivity index (χ1) is 11.5. The molecule has 1 amide bonds. The van der Waals surface area contributed by atoms with Crippen molar-refractivity contribution in [3.05, 3.63) is 29.3 Å². The molecular formula is C19H27NO4. The Labute approximate surface area is 143 Å². The van der Waals surface area contributed by atoms with E-state index in [2.05, 4.69) is 19.2 Å². The Morgan fingerprint density at radius 2 is 2.08 bits per heavy atom. The highest BCUT2D eigenvalue weighted by Gasteiger charge is 2.41. The largest absolute Gasteiger partial charge is 0.507 e. The summed E-state index contributed by atoms with van der Waals surface area (Å²) in [6.07, 6.45) is 3.91. The maximum Gasteiger partial charge on any atom is 0.255 e. The van der Waals surface area contributed by atoms with E-state index in [1.54, 1.807) is 12.1 Å². The van der Waals surface area contributed by atoms with E-state index in [0.29, 0.717) is 18.0 Å². The van der Waals surface area contributed by atoms with Crippen molar-refractivity contribution in [2.75, 3.05) is 19.8 Å². The number of carbonyl (C=O) groups is 1. The van der Waals surface area contributed by atoms with Gasteiger partial charge in [-0.3, -0.25) is 4.79 Å². The van der Waals surface area contributed by atoms with Crippen LogP contribution in [0.1, 0.15) is 61.4 Å². The highest BCUT2D eigenvalue weighted by Crippen LogP contribution is 2.38. The highest BCUT2D eigenvalue weighted by molar-refractivity contribution is 5.96. The Morgan fingerprint density at radius 3 is 2.75 bits per heavy atom. The van der Waals surface area contributed by atoms with E-state index in [4.69, 9.17) is 9.47 Å². The van der Waals surface area contributed by atoms with Crippen LogP contribution >= 0.6 is 0 Å². The summed E-state index contributed by atoms with van der Waals surface area (Å²) in [5, 5.41) is 13.0. The van der Waals surface area contributed by atoms with Gasteiger partial charge in [0, 0.05) is 19.8 Å². The summed E-state index contributed by atoms with van der Waals surface area (Å²) in [5.41, 5.74) is 1.29. The molecule has 2 N–H and O–H groups in total. The van der Waals surface area contributed by atoms with Crippen LogP contribution in [0.3, 0.4) is 0 Å². The monoisotopic (exact) mass is 333 g/mol. The van der Waals surface area contributed by atoms with Crippen molar-refractivity contribution in [1.29, 1.82) is 0 Å². The molecule has 132 valence electrons. The normalized spacial score (nSPS) is 22.9. The number of phenolic OH excluding ortho intramolecular Hbond substituents is 1. The van der Waals surface area contributed by atoms with E-state index in [1.807, 2.05) is 6.07 Å². The van der Waals surface area contributed by atoms with Gasteiger partial charge in [0.15, 0.2) is 0 Å². The fourth-order valence-electron chi connectivity index (χ4n) is 3.55. The summed E-state index contributed by atoms with van der Waals surface area (Å²) < 4.78 is 11.6. The number of nitrogens with one attached hydrogen (secondary N) is 1. The van der Waals surface area contributed by atoms with Gasteiger partial charge in [-0.2, -0.15) is 0 Å². The summed E-state index contributed by atoms with van der Waals surface area (Å²) in [5.74, 6) is 0.0989. The average molecular weight is 333 g/mol. The van der Waals surface area contributed by atoms with Gasteiger partial charge in [0.1, 0.15) is 5.75 Å². The van der Waals surface area contributed by atoms with Gasteiger partial charge in [0.05, 0.1) is 17.3 Å². The number of rotatable bonds is 4. The fraction of sp³-hybridized carbons (Fsp3) is 0.632. The van der Waals surface area contributed by atoms with Gasteiger partial charge in [-0.15, -0.1) is 0 Å². The van der Waals surface area contributed by atoms with Gasteiger partial charge >= 0.3 is 0 Å². The minimum Gasteiger partial charge on any atom is -0.507 e. The van der Waals surface area contributed by atoms with Crippen LogP contribution in [0.15, 0.2) is 18.2 Å². The zero-order valence-corrected chi connectivity index (χ0v) is 14.5. The lowest BCUT2D eigenvalue weighted by molar-refractivity contribution is -0.102. The maximum absolute atomic E-state index is 12.3. The summed E-state index contributed by atoms with van der Waals surface area (Å²) in [6.45, 7) is 6.10. The summed E-state index contributed by atoms with van der Waals surface area (Å²) in [6, 6.07) is 5.25. The predicted octanol–water partition coefficient (Wildman–Crippen LogP) is 2.97. The minimum absolute atomic E-state index is 0.0342. The summed E-state index contributed by atoms with van der Waals surface area (Å²) in [7, 11) is 0. The lowest BCUT2D eigenvalue weighted by Crippen LogP contribution is -2.38. The van der Waals surface area contributed by atoms with Crippen molar-refractivity contribution in [2.24, 2.45) is 0 Å². The van der Waals surface area contributed by atoms with E-state index in [9.17, 15) is 9.90 Å². The highest BCUT2D eigenvalue weighted by atomic mass is 16.5. The van der Waals surface area contributed by atoms with E-state index < -0.39 is 0 Å². The molecule has 0 aromatic heterocycles. The number of amides is 1. The molecule has 2 heterocycles. The quantitative estimate of drug-likeness (QED) is 0.889. The molecule has 1 aromatic rings. The van der Waals surface area contributed by atoms with Crippen LogP contribution in [0.2, 0.25) is 0 Å². The zero-order valence-electron chi connectivity index (χ0n) is 14.5. The summed E-state index contributed by atoms with van der Waals surface area (Å²) in [4.78, 5) is 12.3. The van der Waals surface area contributed by atoms with Crippen LogP contribution in [0.4, 0.5) is 0 Å². The molecule has 2 aliphatic heterocycles. The average Bonchev–Trinajstić information content (AvgIpc) is 2.95. The van der Waals surface area contributed by atoms with E-state index in [-0.39, 0.29) is 23.4 Å². The molecule has 0 bridgehead atoms. The minimum atomic E-state index is -0.251. The third kappa shape index (κ3) is 3.73. The molecule has 0 aliphatic carbocycles. The second-order valence-corrected chi connectivity index (χ2v) is 7.22. The number of ether oxygens (including phenoxy) is 2. The molecule has 1 spiro atoms. The van der Waals surface area contributed by atoms with Gasteiger partial charge in [-0.25, -0.2) is 0 Å². The van der Waals surface area contributed by atoms with Crippen molar-refractivity contribution in [2.45, 2.75) is 57.2 Å². The van der Waals surface area contributed by atoms with Crippen LogP contribution in [0.25, 0.3) is 0 Å². The Hall–Kier alpha value is -1.59. The topological polar surface area (TPSA) is 67.8 Å². The molecular weight excluding hydrogens is 306 g/mol. The van der Waals surface area contributed by atoms with Crippen molar-refractivity contribution in [3.63, 3.8) is 0 Å². The second kappa shape index (κ2) is 7.11. The maximum atomic E-state index is 12.3. The van der Waals surface area contributed by atoms with Gasteiger partial charge in [0.25, 0.3) is 5.91 Å². The number of hydrogen-bond acceptors (Lipinski definition) is 4. The van der Waals surface area contributed by atoms with Crippen molar-refractivity contribution >= 4 is 5.91 Å². The fourth-order valence-corrected chi connectivity index (χ4v) is 3.55. The molecule has 0 unspecified atom stereocenters. The lowest BCUT2D eigenvalue weighted by atomic mass is 9.91. The van der Waals surface area contributed by atoms with Crippen molar-refractivity contribution < 1.29 is 19.4 Å². The number of carbonyl (C=O) groups excluding carboxylic acids is 1. The molecule has 2 saturated heterocycles. The standard InChI is InChI=1S/C19H27NO4/c1-13(2)14-3-4-16(17(21)11-14)18(22)20-12-15-5-6-19(24-15)7-9-23-10-8-19/h3-4,11,13,15,21H,5-10,12H2,1-2H3,(H,20,22)/t15-/m1/s1. The van der Waals surface area contributed by atoms with E-state index >= 15 is 0 Å². The third-order valence-corrected chi connectivity index (χ3v) is 5.17. The number of aromatic hydroxyl groups is 1. The first kappa shape index (κ1) is 17.2. The summed E-state index contributed by atoms with van der Waals surface area (Å²) >= 11 is 0. The Bertz CT molecular complexity index is 593. The van der Waals surface area contributed by atoms with E-state index in [0.717, 1.165) is 44.5 Å². The Morgan fingerprint density at radius 1 is 1.33 bits per heavy atom. The van der Waals surface area contributed by atoms with Crippen LogP contribution in [-0.2, 0) is 9.47 Å². The number of phenols is 1. The number of benzene rings is 1. The van der Waals surface area contributed by atoms with Gasteiger partial charge < -0.3 is 19.9 Å². The molecule has 5 heteroatoms. The van der Waals surface area contributed by atoms with Crippen LogP contribution in [-0.4, -0.2) is 42.5 Å². The molecule has 0 radical (unpaired) electrons. The smallest absolute Gasteiger partial charge is 0.255 e. The second-order valence-electron chi connectivity index (χ2n) is 7.22. The molecule has 1 aromatic carbocycles.